The zero-order valence-electron chi connectivity index (χ0n) is 27.4. The lowest BCUT2D eigenvalue weighted by Crippen LogP contribution is -2.05. The van der Waals surface area contributed by atoms with Crippen LogP contribution in [-0.4, -0.2) is 19.1 Å². The van der Waals surface area contributed by atoms with Gasteiger partial charge in [0.2, 0.25) is 5.95 Å². The average Bonchev–Trinajstić information content (AvgIpc) is 3.86. The molecule has 0 saturated carbocycles. The second-order valence-electron chi connectivity index (χ2n) is 13.0. The van der Waals surface area contributed by atoms with Crippen molar-refractivity contribution in [3.05, 3.63) is 170 Å². The predicted molar refractivity (Wildman–Crippen MR) is 209 cm³/mol. The Hall–Kier alpha value is -6.98. The third kappa shape index (κ3) is 4.03. The molecule has 0 fully saturated rings. The highest BCUT2D eigenvalue weighted by Crippen LogP contribution is 2.42. The van der Waals surface area contributed by atoms with Crippen molar-refractivity contribution in [2.45, 2.75) is 0 Å². The van der Waals surface area contributed by atoms with Crippen LogP contribution in [0.25, 0.3) is 99.7 Å². The number of furan rings is 1. The quantitative estimate of drug-likeness (QED) is 0.190. The fourth-order valence-corrected chi connectivity index (χ4v) is 7.99. The Balaban J connectivity index is 1.28. The van der Waals surface area contributed by atoms with Crippen molar-refractivity contribution in [1.29, 1.82) is 0 Å². The van der Waals surface area contributed by atoms with E-state index in [0.29, 0.717) is 11.5 Å². The van der Waals surface area contributed by atoms with Gasteiger partial charge in [-0.3, -0.25) is 4.57 Å². The van der Waals surface area contributed by atoms with Crippen LogP contribution in [0.1, 0.15) is 0 Å². The summed E-state index contributed by atoms with van der Waals surface area (Å²) in [5.41, 5.74) is 11.6. The van der Waals surface area contributed by atoms with Gasteiger partial charge in [0, 0.05) is 38.1 Å². The van der Waals surface area contributed by atoms with E-state index in [0.717, 1.165) is 77.4 Å². The van der Waals surface area contributed by atoms with E-state index in [4.69, 9.17) is 14.4 Å². The van der Waals surface area contributed by atoms with E-state index in [9.17, 15) is 0 Å². The Morgan fingerprint density at radius 2 is 0.961 bits per heavy atom. The molecule has 4 aromatic heterocycles. The molecule has 11 rings (SSSR count). The first-order valence-electron chi connectivity index (χ1n) is 17.2. The van der Waals surface area contributed by atoms with Crippen LogP contribution in [0, 0.1) is 0 Å². The summed E-state index contributed by atoms with van der Waals surface area (Å²) in [6, 6.07) is 59.5. The number of benzene rings is 7. The number of hydrogen-bond donors (Lipinski definition) is 0. The molecule has 7 aromatic carbocycles. The number of para-hydroxylation sites is 6. The second kappa shape index (κ2) is 10.8. The Labute approximate surface area is 292 Å². The van der Waals surface area contributed by atoms with E-state index < -0.39 is 0 Å². The van der Waals surface area contributed by atoms with Crippen molar-refractivity contribution >= 4 is 65.7 Å². The molecule has 0 radical (unpaired) electrons. The summed E-state index contributed by atoms with van der Waals surface area (Å²) >= 11 is 0. The van der Waals surface area contributed by atoms with Gasteiger partial charge in [-0.2, -0.15) is 0 Å². The number of fused-ring (bicyclic) bond motifs is 9. The van der Waals surface area contributed by atoms with Gasteiger partial charge in [0.15, 0.2) is 5.58 Å². The molecular formula is C46H28N4O. The van der Waals surface area contributed by atoms with Crippen molar-refractivity contribution in [1.82, 2.24) is 19.1 Å². The molecule has 0 aliphatic heterocycles. The number of rotatable bonds is 4. The molecule has 51 heavy (non-hydrogen) atoms. The van der Waals surface area contributed by atoms with Crippen LogP contribution in [-0.2, 0) is 0 Å². The van der Waals surface area contributed by atoms with E-state index in [1.165, 1.54) is 10.8 Å². The van der Waals surface area contributed by atoms with Crippen LogP contribution >= 0.6 is 0 Å². The molecule has 0 aliphatic rings. The zero-order valence-corrected chi connectivity index (χ0v) is 27.4. The average molecular weight is 653 g/mol. The first-order chi connectivity index (χ1) is 25.3. The van der Waals surface area contributed by atoms with Crippen LogP contribution in [0.3, 0.4) is 0 Å². The van der Waals surface area contributed by atoms with E-state index >= 15 is 0 Å². The van der Waals surface area contributed by atoms with Gasteiger partial charge >= 0.3 is 0 Å². The van der Waals surface area contributed by atoms with Gasteiger partial charge in [-0.25, -0.2) is 9.97 Å². The topological polar surface area (TPSA) is 48.8 Å². The highest BCUT2D eigenvalue weighted by atomic mass is 16.3. The third-order valence-corrected chi connectivity index (χ3v) is 10.2. The summed E-state index contributed by atoms with van der Waals surface area (Å²) in [5, 5.41) is 5.67. The normalized spacial score (nSPS) is 11.9. The first kappa shape index (κ1) is 27.9. The lowest BCUT2D eigenvalue weighted by Gasteiger charge is -2.15. The molecule has 0 amide bonds. The number of nitrogens with zero attached hydrogens (tertiary/aromatic N) is 4. The maximum absolute atomic E-state index is 6.68. The Morgan fingerprint density at radius 3 is 1.71 bits per heavy atom. The van der Waals surface area contributed by atoms with Crippen LogP contribution in [0.4, 0.5) is 0 Å². The maximum atomic E-state index is 6.68. The van der Waals surface area contributed by atoms with E-state index in [1.54, 1.807) is 0 Å². The van der Waals surface area contributed by atoms with Gasteiger partial charge in [-0.1, -0.05) is 133 Å². The van der Waals surface area contributed by atoms with E-state index in [2.05, 4.69) is 161 Å². The van der Waals surface area contributed by atoms with Gasteiger partial charge in [0.25, 0.3) is 0 Å². The maximum Gasteiger partial charge on any atom is 0.236 e. The van der Waals surface area contributed by atoms with Crippen LogP contribution in [0.2, 0.25) is 0 Å². The van der Waals surface area contributed by atoms with Crippen molar-refractivity contribution in [3.63, 3.8) is 0 Å². The molecule has 0 atom stereocenters. The van der Waals surface area contributed by atoms with Gasteiger partial charge in [0.05, 0.1) is 27.8 Å². The van der Waals surface area contributed by atoms with Gasteiger partial charge in [-0.05, 0) is 42.0 Å². The van der Waals surface area contributed by atoms with Crippen molar-refractivity contribution in [2.75, 3.05) is 0 Å². The Kier molecular flexibility index (Phi) is 5.89. The Bertz CT molecular complexity index is 3090. The van der Waals surface area contributed by atoms with Crippen molar-refractivity contribution in [2.24, 2.45) is 0 Å². The second-order valence-corrected chi connectivity index (χ2v) is 13.0. The molecule has 0 spiro atoms. The molecule has 4 heterocycles. The zero-order chi connectivity index (χ0) is 33.5. The number of aromatic nitrogens is 4. The molecule has 0 N–H and O–H groups in total. The Morgan fingerprint density at radius 1 is 0.412 bits per heavy atom. The highest BCUT2D eigenvalue weighted by Gasteiger charge is 2.24. The summed E-state index contributed by atoms with van der Waals surface area (Å²) < 4.78 is 11.3. The standard InChI is InChI=1S/C46H28N4O/c1-2-15-29(16-3-1)30-22-14-23-34-33-19-6-11-26-39(33)50(44(30)34)46-47-42(45-43(48-46)36-21-8-13-28-41(36)51-45)35-20-7-12-27-40(35)49-37-24-9-4-17-31(37)32-18-5-10-25-38(32)49/h1-28H. The lowest BCUT2D eigenvalue weighted by atomic mass is 10.0. The fraction of sp³-hybridized carbons (Fsp3) is 0. The first-order valence-corrected chi connectivity index (χ1v) is 17.2. The molecular weight excluding hydrogens is 625 g/mol. The van der Waals surface area contributed by atoms with E-state index in [-0.39, 0.29) is 0 Å². The summed E-state index contributed by atoms with van der Waals surface area (Å²) in [4.78, 5) is 10.9. The molecule has 0 saturated heterocycles. The highest BCUT2D eigenvalue weighted by molar-refractivity contribution is 6.14. The van der Waals surface area contributed by atoms with Crippen molar-refractivity contribution in [3.8, 4) is 34.0 Å². The van der Waals surface area contributed by atoms with E-state index in [1.807, 2.05) is 18.2 Å². The molecule has 5 nitrogen and oxygen atoms in total. The minimum absolute atomic E-state index is 0.593. The van der Waals surface area contributed by atoms with Gasteiger partial charge in [0.1, 0.15) is 16.8 Å². The predicted octanol–water partition coefficient (Wildman–Crippen LogP) is 11.9. The summed E-state index contributed by atoms with van der Waals surface area (Å²) in [6.07, 6.45) is 0. The summed E-state index contributed by atoms with van der Waals surface area (Å²) in [5.74, 6) is 0.593. The SMILES string of the molecule is c1ccc(-c2cccc3c4ccccc4n(-c4nc(-c5ccccc5-n5c6ccccc6c6ccccc65)c5oc6ccccc6c5n4)c23)cc1. The van der Waals surface area contributed by atoms with Gasteiger partial charge < -0.3 is 8.98 Å². The van der Waals surface area contributed by atoms with Crippen LogP contribution in [0.5, 0.6) is 0 Å². The summed E-state index contributed by atoms with van der Waals surface area (Å²) in [7, 11) is 0. The minimum Gasteiger partial charge on any atom is -0.452 e. The molecule has 0 aliphatic carbocycles. The van der Waals surface area contributed by atoms with Gasteiger partial charge in [-0.15, -0.1) is 0 Å². The molecule has 5 heteroatoms. The molecule has 11 aromatic rings. The minimum atomic E-state index is 0.593. The molecule has 238 valence electrons. The monoisotopic (exact) mass is 652 g/mol. The molecule has 0 unspecified atom stereocenters. The third-order valence-electron chi connectivity index (χ3n) is 10.2. The smallest absolute Gasteiger partial charge is 0.236 e. The molecule has 0 bridgehead atoms. The summed E-state index contributed by atoms with van der Waals surface area (Å²) in [6.45, 7) is 0. The largest absolute Gasteiger partial charge is 0.452 e. The fourth-order valence-electron chi connectivity index (χ4n) is 7.99. The number of hydrogen-bond acceptors (Lipinski definition) is 3. The van der Waals surface area contributed by atoms with Crippen LogP contribution in [0.15, 0.2) is 174 Å². The van der Waals surface area contributed by atoms with Crippen molar-refractivity contribution < 1.29 is 4.42 Å². The lowest BCUT2D eigenvalue weighted by molar-refractivity contribution is 0.666. The van der Waals surface area contributed by atoms with Crippen LogP contribution < -0.4 is 0 Å².